The summed E-state index contributed by atoms with van der Waals surface area (Å²) in [5, 5.41) is 0. The largest absolute Gasteiger partial charge is 0.490 e. The standard InChI is InChI=1S/C19H30O4/c1-6-7-8-9-10-11-17(14(2)15(3)20)16(4)23-19-13-22-12-18(19)21-5/h8-11,14,18-19H,6-7,12-13H2,1-5H3. The molecule has 1 heterocycles. The second-order valence-electron chi connectivity index (χ2n) is 5.89. The smallest absolute Gasteiger partial charge is 0.150 e. The SMILES string of the molecule is CCCC=CC=CC(=C(C)OC1COCC1OC)C(C)C(C)=O. The fourth-order valence-electron chi connectivity index (χ4n) is 2.43. The lowest BCUT2D eigenvalue weighted by Crippen LogP contribution is -2.29. The van der Waals surface area contributed by atoms with E-state index in [0.717, 1.165) is 24.2 Å². The van der Waals surface area contributed by atoms with E-state index in [1.807, 2.05) is 32.1 Å². The number of rotatable bonds is 9. The molecule has 0 spiro atoms. The highest BCUT2D eigenvalue weighted by Crippen LogP contribution is 2.23. The van der Waals surface area contributed by atoms with Crippen LogP contribution in [0.4, 0.5) is 0 Å². The van der Waals surface area contributed by atoms with Crippen LogP contribution in [0.5, 0.6) is 0 Å². The highest BCUT2D eigenvalue weighted by atomic mass is 16.6. The van der Waals surface area contributed by atoms with Crippen LogP contribution in [-0.2, 0) is 19.0 Å². The molecule has 0 aromatic rings. The van der Waals surface area contributed by atoms with E-state index in [4.69, 9.17) is 14.2 Å². The van der Waals surface area contributed by atoms with Crippen LogP contribution in [0.1, 0.15) is 40.5 Å². The molecule has 1 aliphatic rings. The summed E-state index contributed by atoms with van der Waals surface area (Å²) in [6.45, 7) is 8.61. The van der Waals surface area contributed by atoms with Crippen LogP contribution < -0.4 is 0 Å². The predicted molar refractivity (Wildman–Crippen MR) is 92.2 cm³/mol. The zero-order valence-corrected chi connectivity index (χ0v) is 15.0. The zero-order valence-electron chi connectivity index (χ0n) is 15.0. The van der Waals surface area contributed by atoms with Crippen molar-refractivity contribution in [3.63, 3.8) is 0 Å². The normalized spacial score (nSPS) is 24.2. The maximum atomic E-state index is 11.8. The van der Waals surface area contributed by atoms with E-state index in [1.54, 1.807) is 14.0 Å². The first-order valence-electron chi connectivity index (χ1n) is 8.32. The third kappa shape index (κ3) is 6.32. The van der Waals surface area contributed by atoms with Gasteiger partial charge in [-0.2, -0.15) is 0 Å². The van der Waals surface area contributed by atoms with Crippen LogP contribution in [0.3, 0.4) is 0 Å². The summed E-state index contributed by atoms with van der Waals surface area (Å²) in [5.74, 6) is 0.677. The molecular formula is C19H30O4. The second-order valence-corrected chi connectivity index (χ2v) is 5.89. The first-order chi connectivity index (χ1) is 11.0. The van der Waals surface area contributed by atoms with Crippen molar-refractivity contribution in [2.24, 2.45) is 5.92 Å². The van der Waals surface area contributed by atoms with Gasteiger partial charge in [0.05, 0.1) is 19.0 Å². The Hall–Kier alpha value is -1.39. The molecule has 23 heavy (non-hydrogen) atoms. The molecule has 0 aromatic heterocycles. The fourth-order valence-corrected chi connectivity index (χ4v) is 2.43. The molecule has 130 valence electrons. The number of carbonyl (C=O) groups excluding carboxylic acids is 1. The summed E-state index contributed by atoms with van der Waals surface area (Å²) in [6, 6.07) is 0. The van der Waals surface area contributed by atoms with E-state index >= 15 is 0 Å². The van der Waals surface area contributed by atoms with Gasteiger partial charge in [-0.25, -0.2) is 0 Å². The summed E-state index contributed by atoms with van der Waals surface area (Å²) in [4.78, 5) is 11.8. The lowest BCUT2D eigenvalue weighted by Gasteiger charge is -2.21. The maximum Gasteiger partial charge on any atom is 0.150 e. The Morgan fingerprint density at radius 3 is 2.57 bits per heavy atom. The average Bonchev–Trinajstić information content (AvgIpc) is 2.97. The highest BCUT2D eigenvalue weighted by Gasteiger charge is 2.30. The minimum Gasteiger partial charge on any atom is -0.490 e. The third-order valence-corrected chi connectivity index (χ3v) is 4.07. The molecule has 3 unspecified atom stereocenters. The van der Waals surface area contributed by atoms with Crippen molar-refractivity contribution in [3.05, 3.63) is 35.6 Å². The van der Waals surface area contributed by atoms with Gasteiger partial charge in [0.1, 0.15) is 18.0 Å². The van der Waals surface area contributed by atoms with Crippen molar-refractivity contribution < 1.29 is 19.0 Å². The summed E-state index contributed by atoms with van der Waals surface area (Å²) in [5.41, 5.74) is 0.903. The van der Waals surface area contributed by atoms with Crippen molar-refractivity contribution in [2.45, 2.75) is 52.7 Å². The van der Waals surface area contributed by atoms with Crippen molar-refractivity contribution in [1.29, 1.82) is 0 Å². The summed E-state index contributed by atoms with van der Waals surface area (Å²) < 4.78 is 16.8. The molecule has 3 atom stereocenters. The second kappa shape index (κ2) is 10.4. The Balaban J connectivity index is 2.89. The van der Waals surface area contributed by atoms with Gasteiger partial charge in [-0.15, -0.1) is 0 Å². The van der Waals surface area contributed by atoms with Crippen LogP contribution >= 0.6 is 0 Å². The van der Waals surface area contributed by atoms with Gasteiger partial charge in [0.25, 0.3) is 0 Å². The molecule has 1 fully saturated rings. The molecule has 0 amide bonds. The quantitative estimate of drug-likeness (QED) is 0.478. The van der Waals surface area contributed by atoms with Gasteiger partial charge in [0.15, 0.2) is 0 Å². The molecule has 0 saturated carbocycles. The first kappa shape index (κ1) is 19.7. The van der Waals surface area contributed by atoms with Crippen LogP contribution in [0.15, 0.2) is 35.6 Å². The minimum absolute atomic E-state index is 0.0627. The van der Waals surface area contributed by atoms with E-state index < -0.39 is 0 Å². The molecule has 4 heteroatoms. The van der Waals surface area contributed by atoms with Gasteiger partial charge in [-0.1, -0.05) is 44.6 Å². The molecular weight excluding hydrogens is 292 g/mol. The van der Waals surface area contributed by atoms with E-state index in [0.29, 0.717) is 13.2 Å². The van der Waals surface area contributed by atoms with E-state index in [2.05, 4.69) is 13.0 Å². The topological polar surface area (TPSA) is 44.8 Å². The van der Waals surface area contributed by atoms with E-state index in [9.17, 15) is 4.79 Å². The Morgan fingerprint density at radius 1 is 1.26 bits per heavy atom. The van der Waals surface area contributed by atoms with Crippen molar-refractivity contribution in [2.75, 3.05) is 20.3 Å². The van der Waals surface area contributed by atoms with Crippen LogP contribution in [0.25, 0.3) is 0 Å². The number of hydrogen-bond acceptors (Lipinski definition) is 4. The Kier molecular flexibility index (Phi) is 8.89. The van der Waals surface area contributed by atoms with Crippen LogP contribution in [-0.4, -0.2) is 38.3 Å². The number of carbonyl (C=O) groups is 1. The van der Waals surface area contributed by atoms with E-state index in [-0.39, 0.29) is 23.9 Å². The third-order valence-electron chi connectivity index (χ3n) is 4.07. The molecule has 0 bridgehead atoms. The minimum atomic E-state index is -0.200. The van der Waals surface area contributed by atoms with Gasteiger partial charge in [0.2, 0.25) is 0 Å². The molecule has 4 nitrogen and oxygen atoms in total. The lowest BCUT2D eigenvalue weighted by molar-refractivity contribution is -0.119. The number of methoxy groups -OCH3 is 1. The van der Waals surface area contributed by atoms with Gasteiger partial charge in [-0.3, -0.25) is 4.79 Å². The number of ketones is 1. The van der Waals surface area contributed by atoms with Crippen molar-refractivity contribution >= 4 is 5.78 Å². The van der Waals surface area contributed by atoms with Gasteiger partial charge < -0.3 is 14.2 Å². The summed E-state index contributed by atoms with van der Waals surface area (Å²) in [7, 11) is 1.66. The maximum absolute atomic E-state index is 11.8. The number of hydrogen-bond donors (Lipinski definition) is 0. The Bertz CT molecular complexity index is 462. The summed E-state index contributed by atoms with van der Waals surface area (Å²) in [6.07, 6.45) is 10.1. The predicted octanol–water partition coefficient (Wildman–Crippen LogP) is 3.83. The van der Waals surface area contributed by atoms with E-state index in [1.165, 1.54) is 0 Å². The fraction of sp³-hybridized carbons (Fsp3) is 0.632. The zero-order chi connectivity index (χ0) is 17.2. The molecule has 0 N–H and O–H groups in total. The van der Waals surface area contributed by atoms with Crippen LogP contribution in [0, 0.1) is 5.92 Å². The Labute approximate surface area is 140 Å². The molecule has 0 aromatic carbocycles. The number of Topliss-reactive ketones (excluding diaryl/α,β-unsaturated/α-hetero) is 1. The number of allylic oxidation sites excluding steroid dienone is 6. The van der Waals surface area contributed by atoms with Crippen molar-refractivity contribution in [3.8, 4) is 0 Å². The molecule has 0 radical (unpaired) electrons. The van der Waals surface area contributed by atoms with Gasteiger partial charge in [-0.05, 0) is 25.8 Å². The van der Waals surface area contributed by atoms with Crippen molar-refractivity contribution in [1.82, 2.24) is 0 Å². The molecule has 1 saturated heterocycles. The lowest BCUT2D eigenvalue weighted by atomic mass is 9.95. The van der Waals surface area contributed by atoms with Gasteiger partial charge in [0, 0.05) is 13.0 Å². The van der Waals surface area contributed by atoms with Crippen LogP contribution in [0.2, 0.25) is 0 Å². The number of ether oxygens (including phenoxy) is 3. The summed E-state index contributed by atoms with van der Waals surface area (Å²) >= 11 is 0. The number of unbranched alkanes of at least 4 members (excludes halogenated alkanes) is 1. The highest BCUT2D eigenvalue weighted by molar-refractivity contribution is 5.81. The molecule has 0 aliphatic carbocycles. The molecule has 1 rings (SSSR count). The average molecular weight is 322 g/mol. The molecule has 1 aliphatic heterocycles. The first-order valence-corrected chi connectivity index (χ1v) is 8.32. The van der Waals surface area contributed by atoms with Gasteiger partial charge >= 0.3 is 0 Å². The monoisotopic (exact) mass is 322 g/mol. The Morgan fingerprint density at radius 2 is 1.96 bits per heavy atom.